The number of hydrogen-bond donors (Lipinski definition) is 2. The molecule has 0 bridgehead atoms. The Kier molecular flexibility index (Phi) is 5.42. The van der Waals surface area contributed by atoms with Crippen molar-refractivity contribution < 1.29 is 5.11 Å². The van der Waals surface area contributed by atoms with E-state index in [2.05, 4.69) is 25.2 Å². The number of hydrogen-bond acceptors (Lipinski definition) is 3. The monoisotopic (exact) mass is 238 g/mol. The lowest BCUT2D eigenvalue weighted by Crippen LogP contribution is -2.47. The van der Waals surface area contributed by atoms with Gasteiger partial charge in [-0.05, 0) is 32.1 Å². The second-order valence-corrected chi connectivity index (χ2v) is 5.74. The summed E-state index contributed by atoms with van der Waals surface area (Å²) >= 11 is 0. The molecule has 1 saturated carbocycles. The van der Waals surface area contributed by atoms with E-state index >= 15 is 0 Å². The maximum atomic E-state index is 10.3. The van der Waals surface area contributed by atoms with Crippen molar-refractivity contribution >= 4 is 0 Å². The summed E-state index contributed by atoms with van der Waals surface area (Å²) in [5.41, 5.74) is -0.645. The first-order valence-electron chi connectivity index (χ1n) is 6.85. The van der Waals surface area contributed by atoms with E-state index in [9.17, 15) is 5.11 Å². The van der Waals surface area contributed by atoms with Gasteiger partial charge in [-0.2, -0.15) is 5.26 Å². The topological polar surface area (TPSA) is 56.0 Å². The van der Waals surface area contributed by atoms with Crippen LogP contribution in [0.1, 0.15) is 52.9 Å². The zero-order chi connectivity index (χ0) is 12.9. The van der Waals surface area contributed by atoms with Crippen LogP contribution in [0.5, 0.6) is 0 Å². The summed E-state index contributed by atoms with van der Waals surface area (Å²) in [6, 6.07) is 2.77. The Hall–Kier alpha value is -0.590. The highest BCUT2D eigenvalue weighted by molar-refractivity contribution is 4.91. The Morgan fingerprint density at radius 3 is 2.82 bits per heavy atom. The lowest BCUT2D eigenvalue weighted by Gasteiger charge is -2.34. The molecule has 0 spiro atoms. The fraction of sp³-hybridized carbons (Fsp3) is 0.929. The number of nitrogens with one attached hydrogen (secondary N) is 1. The Labute approximate surface area is 105 Å². The van der Waals surface area contributed by atoms with Crippen LogP contribution in [0, 0.1) is 23.2 Å². The van der Waals surface area contributed by atoms with Gasteiger partial charge in [0.15, 0.2) is 0 Å². The van der Waals surface area contributed by atoms with Crippen LogP contribution in [0.3, 0.4) is 0 Å². The third-order valence-corrected chi connectivity index (χ3v) is 4.28. The Balaban J connectivity index is 2.37. The summed E-state index contributed by atoms with van der Waals surface area (Å²) in [7, 11) is 0. The van der Waals surface area contributed by atoms with Crippen molar-refractivity contribution in [2.45, 2.75) is 64.5 Å². The van der Waals surface area contributed by atoms with Gasteiger partial charge in [0.1, 0.15) is 0 Å². The molecule has 2 N–H and O–H groups in total. The zero-order valence-corrected chi connectivity index (χ0v) is 11.4. The van der Waals surface area contributed by atoms with Crippen molar-refractivity contribution in [2.24, 2.45) is 11.8 Å². The number of aliphatic hydroxyl groups is 1. The highest BCUT2D eigenvalue weighted by atomic mass is 16.3. The minimum Gasteiger partial charge on any atom is -0.389 e. The van der Waals surface area contributed by atoms with Gasteiger partial charge in [0, 0.05) is 18.5 Å². The van der Waals surface area contributed by atoms with Crippen LogP contribution in [0.25, 0.3) is 0 Å². The van der Waals surface area contributed by atoms with E-state index < -0.39 is 5.60 Å². The van der Waals surface area contributed by atoms with Crippen LogP contribution in [-0.2, 0) is 0 Å². The summed E-state index contributed by atoms with van der Waals surface area (Å²) < 4.78 is 0. The molecule has 1 fully saturated rings. The van der Waals surface area contributed by atoms with Gasteiger partial charge in [0.25, 0.3) is 0 Å². The Morgan fingerprint density at radius 1 is 1.53 bits per heavy atom. The molecular formula is C14H26N2O. The van der Waals surface area contributed by atoms with Crippen LogP contribution >= 0.6 is 0 Å². The number of nitriles is 1. The van der Waals surface area contributed by atoms with Crippen LogP contribution in [0.4, 0.5) is 0 Å². The maximum Gasteiger partial charge on any atom is 0.0768 e. The molecule has 4 atom stereocenters. The van der Waals surface area contributed by atoms with Gasteiger partial charge in [-0.25, -0.2) is 0 Å². The van der Waals surface area contributed by atoms with Gasteiger partial charge in [0.05, 0.1) is 11.7 Å². The quantitative estimate of drug-likeness (QED) is 0.773. The second-order valence-electron chi connectivity index (χ2n) is 5.74. The molecule has 3 nitrogen and oxygen atoms in total. The smallest absolute Gasteiger partial charge is 0.0768 e. The van der Waals surface area contributed by atoms with Gasteiger partial charge in [0.2, 0.25) is 0 Å². The average Bonchev–Trinajstić information content (AvgIpc) is 2.35. The fourth-order valence-electron chi connectivity index (χ4n) is 2.46. The minimum atomic E-state index is -0.645. The lowest BCUT2D eigenvalue weighted by atomic mass is 9.85. The van der Waals surface area contributed by atoms with Crippen molar-refractivity contribution in [3.63, 3.8) is 0 Å². The highest BCUT2D eigenvalue weighted by Gasteiger charge is 2.29. The van der Waals surface area contributed by atoms with E-state index in [4.69, 9.17) is 5.26 Å². The molecule has 0 unspecified atom stereocenters. The van der Waals surface area contributed by atoms with Crippen molar-refractivity contribution in [1.82, 2.24) is 5.32 Å². The molecule has 0 amide bonds. The molecule has 17 heavy (non-hydrogen) atoms. The van der Waals surface area contributed by atoms with E-state index in [1.54, 1.807) is 0 Å². The average molecular weight is 238 g/mol. The predicted octanol–water partition coefficient (Wildman–Crippen LogP) is 2.46. The molecule has 0 aliphatic heterocycles. The molecule has 1 aliphatic carbocycles. The largest absolute Gasteiger partial charge is 0.389 e. The van der Waals surface area contributed by atoms with Crippen molar-refractivity contribution in [1.29, 1.82) is 5.26 Å². The first kappa shape index (κ1) is 14.5. The summed E-state index contributed by atoms with van der Waals surface area (Å²) in [5, 5.41) is 22.7. The fourth-order valence-corrected chi connectivity index (χ4v) is 2.46. The summed E-state index contributed by atoms with van der Waals surface area (Å²) in [6.07, 6.45) is 5.22. The molecular weight excluding hydrogens is 212 g/mol. The molecule has 98 valence electrons. The van der Waals surface area contributed by atoms with Gasteiger partial charge < -0.3 is 10.4 Å². The normalized spacial score (nSPS) is 30.3. The van der Waals surface area contributed by atoms with E-state index in [0.29, 0.717) is 18.5 Å². The molecule has 0 aromatic heterocycles. The number of rotatable bonds is 5. The van der Waals surface area contributed by atoms with Crippen LogP contribution in [-0.4, -0.2) is 23.3 Å². The summed E-state index contributed by atoms with van der Waals surface area (Å²) in [4.78, 5) is 0. The molecule has 0 heterocycles. The molecule has 0 radical (unpaired) electrons. The molecule has 1 aliphatic rings. The van der Waals surface area contributed by atoms with Crippen molar-refractivity contribution in [3.05, 3.63) is 0 Å². The van der Waals surface area contributed by atoms with Crippen molar-refractivity contribution in [2.75, 3.05) is 6.54 Å². The summed E-state index contributed by atoms with van der Waals surface area (Å²) in [6.45, 7) is 6.72. The van der Waals surface area contributed by atoms with E-state index in [0.717, 1.165) is 32.1 Å². The predicted molar refractivity (Wildman–Crippen MR) is 69.4 cm³/mol. The first-order valence-corrected chi connectivity index (χ1v) is 6.85. The van der Waals surface area contributed by atoms with Gasteiger partial charge in [-0.1, -0.05) is 26.7 Å². The second kappa shape index (κ2) is 6.37. The third kappa shape index (κ3) is 4.29. The van der Waals surface area contributed by atoms with Crippen LogP contribution in [0.2, 0.25) is 0 Å². The maximum absolute atomic E-state index is 10.3. The zero-order valence-electron chi connectivity index (χ0n) is 11.4. The molecule has 0 aromatic carbocycles. The lowest BCUT2D eigenvalue weighted by molar-refractivity contribution is 0.00196. The molecule has 0 aromatic rings. The molecule has 3 heteroatoms. The Bertz CT molecular complexity index is 270. The van der Waals surface area contributed by atoms with Gasteiger partial charge in [-0.3, -0.25) is 0 Å². The van der Waals surface area contributed by atoms with E-state index in [1.807, 2.05) is 6.92 Å². The van der Waals surface area contributed by atoms with Crippen molar-refractivity contribution in [3.8, 4) is 6.07 Å². The number of nitrogens with zero attached hydrogens (tertiary/aromatic N) is 1. The van der Waals surface area contributed by atoms with Crippen LogP contribution in [0.15, 0.2) is 0 Å². The van der Waals surface area contributed by atoms with E-state index in [1.165, 1.54) is 0 Å². The minimum absolute atomic E-state index is 0.204. The van der Waals surface area contributed by atoms with E-state index in [-0.39, 0.29) is 5.92 Å². The van der Waals surface area contributed by atoms with Crippen LogP contribution < -0.4 is 5.32 Å². The molecule has 0 saturated heterocycles. The Morgan fingerprint density at radius 2 is 2.24 bits per heavy atom. The standard InChI is InChI=1S/C14H26N2O/c1-4-11(2)14(3,17)10-16-13-7-5-6-12(8-13)9-15/h11-13,16-17H,4-8,10H2,1-3H3/t11-,12+,13+,14+/m0/s1. The first-order chi connectivity index (χ1) is 7.99. The highest BCUT2D eigenvalue weighted by Crippen LogP contribution is 2.25. The molecule has 1 rings (SSSR count). The van der Waals surface area contributed by atoms with Gasteiger partial charge >= 0.3 is 0 Å². The summed E-state index contributed by atoms with van der Waals surface area (Å²) in [5.74, 6) is 0.500. The van der Waals surface area contributed by atoms with Gasteiger partial charge in [-0.15, -0.1) is 0 Å². The SMILES string of the molecule is CC[C@H](C)[C@](C)(O)CN[C@@H]1CCC[C@@H](C#N)C1. The third-order valence-electron chi connectivity index (χ3n) is 4.28.